The molecule has 0 aromatic heterocycles. The molecule has 18 heavy (non-hydrogen) atoms. The van der Waals surface area contributed by atoms with E-state index < -0.39 is 18.0 Å². The number of amides is 3. The number of imide groups is 1. The Morgan fingerprint density at radius 2 is 2.00 bits per heavy atom. The largest absolute Gasteiger partial charge is 0.372 e. The minimum absolute atomic E-state index is 0.423. The molecule has 0 bridgehead atoms. The van der Waals surface area contributed by atoms with Gasteiger partial charge in [0.15, 0.2) is 0 Å². The maximum atomic E-state index is 11.7. The Labute approximate surface area is 111 Å². The molecule has 0 aliphatic rings. The van der Waals surface area contributed by atoms with Gasteiger partial charge in [-0.15, -0.1) is 0 Å². The number of carbonyl (C=O) groups is 2. The average Bonchev–Trinajstić information content (AvgIpc) is 2.33. The minimum Gasteiger partial charge on any atom is -0.372 e. The number of rotatable bonds is 3. The molecule has 5 nitrogen and oxygen atoms in total. The monoisotopic (exact) mass is 269 g/mol. The summed E-state index contributed by atoms with van der Waals surface area (Å²) in [6, 6.07) is 4.35. The summed E-state index contributed by atoms with van der Waals surface area (Å²) in [5.74, 6) is -0.423. The van der Waals surface area contributed by atoms with Gasteiger partial charge in [-0.3, -0.25) is 10.1 Å². The van der Waals surface area contributed by atoms with Gasteiger partial charge in [-0.25, -0.2) is 4.79 Å². The van der Waals surface area contributed by atoms with Crippen LogP contribution in [0.15, 0.2) is 18.2 Å². The van der Waals surface area contributed by atoms with Crippen molar-refractivity contribution in [3.63, 3.8) is 0 Å². The van der Waals surface area contributed by atoms with E-state index in [4.69, 9.17) is 11.6 Å². The molecule has 3 N–H and O–H groups in total. The fourth-order valence-electron chi connectivity index (χ4n) is 1.38. The summed E-state index contributed by atoms with van der Waals surface area (Å²) in [5, 5.41) is 8.03. The van der Waals surface area contributed by atoms with Crippen molar-refractivity contribution in [3.05, 3.63) is 28.8 Å². The Morgan fingerprint density at radius 1 is 1.33 bits per heavy atom. The van der Waals surface area contributed by atoms with Crippen LogP contribution in [-0.4, -0.2) is 25.0 Å². The molecule has 0 heterocycles. The lowest BCUT2D eigenvalue weighted by Gasteiger charge is -2.17. The molecule has 1 atom stereocenters. The molecule has 6 heteroatoms. The Morgan fingerprint density at radius 3 is 2.56 bits per heavy atom. The van der Waals surface area contributed by atoms with E-state index in [1.165, 1.54) is 7.05 Å². The highest BCUT2D eigenvalue weighted by Gasteiger charge is 2.16. The van der Waals surface area contributed by atoms with Crippen molar-refractivity contribution in [2.75, 3.05) is 12.4 Å². The first-order valence-corrected chi connectivity index (χ1v) is 5.87. The van der Waals surface area contributed by atoms with E-state index >= 15 is 0 Å². The SMILES string of the molecule is CNC(=O)NC(=O)C(C)Nc1c(C)cccc1Cl. The summed E-state index contributed by atoms with van der Waals surface area (Å²) < 4.78 is 0. The van der Waals surface area contributed by atoms with E-state index in [0.717, 1.165) is 5.56 Å². The third kappa shape index (κ3) is 3.63. The third-order valence-corrected chi connectivity index (χ3v) is 2.75. The highest BCUT2D eigenvalue weighted by Crippen LogP contribution is 2.25. The molecule has 3 amide bonds. The van der Waals surface area contributed by atoms with Crippen LogP contribution < -0.4 is 16.0 Å². The zero-order chi connectivity index (χ0) is 13.7. The second-order valence-corrected chi connectivity index (χ2v) is 4.27. The van der Waals surface area contributed by atoms with Gasteiger partial charge in [0.2, 0.25) is 5.91 Å². The molecule has 1 rings (SSSR count). The number of urea groups is 1. The van der Waals surface area contributed by atoms with Gasteiger partial charge in [0, 0.05) is 7.05 Å². The molecule has 0 aliphatic carbocycles. The molecule has 0 aliphatic heterocycles. The molecular formula is C12H16ClN3O2. The van der Waals surface area contributed by atoms with Crippen LogP contribution in [0.3, 0.4) is 0 Å². The number of hydrogen-bond acceptors (Lipinski definition) is 3. The van der Waals surface area contributed by atoms with E-state index in [2.05, 4.69) is 16.0 Å². The zero-order valence-corrected chi connectivity index (χ0v) is 11.3. The van der Waals surface area contributed by atoms with Gasteiger partial charge in [-0.2, -0.15) is 0 Å². The standard InChI is InChI=1S/C12H16ClN3O2/c1-7-5-4-6-9(13)10(7)15-8(2)11(17)16-12(18)14-3/h4-6,8,15H,1-3H3,(H2,14,16,17,18). The van der Waals surface area contributed by atoms with Crippen LogP contribution in [0.1, 0.15) is 12.5 Å². The van der Waals surface area contributed by atoms with Crippen molar-refractivity contribution in [2.24, 2.45) is 0 Å². The Hall–Kier alpha value is -1.75. The van der Waals surface area contributed by atoms with Gasteiger partial charge in [-0.05, 0) is 25.5 Å². The maximum absolute atomic E-state index is 11.7. The average molecular weight is 270 g/mol. The normalized spacial score (nSPS) is 11.6. The molecule has 98 valence electrons. The van der Waals surface area contributed by atoms with Gasteiger partial charge in [0.1, 0.15) is 6.04 Å². The number of anilines is 1. The smallest absolute Gasteiger partial charge is 0.321 e. The third-order valence-electron chi connectivity index (χ3n) is 2.44. The van der Waals surface area contributed by atoms with Gasteiger partial charge < -0.3 is 10.6 Å². The van der Waals surface area contributed by atoms with Gasteiger partial charge >= 0.3 is 6.03 Å². The van der Waals surface area contributed by atoms with Crippen molar-refractivity contribution in [1.82, 2.24) is 10.6 Å². The summed E-state index contributed by atoms with van der Waals surface area (Å²) >= 11 is 6.04. The quantitative estimate of drug-likeness (QED) is 0.785. The van der Waals surface area contributed by atoms with Gasteiger partial charge in [0.05, 0.1) is 10.7 Å². The van der Waals surface area contributed by atoms with Crippen molar-refractivity contribution < 1.29 is 9.59 Å². The molecular weight excluding hydrogens is 254 g/mol. The fraction of sp³-hybridized carbons (Fsp3) is 0.333. The van der Waals surface area contributed by atoms with Crippen LogP contribution in [0.5, 0.6) is 0 Å². The van der Waals surface area contributed by atoms with Crippen LogP contribution in [-0.2, 0) is 4.79 Å². The number of hydrogen-bond donors (Lipinski definition) is 3. The fourth-order valence-corrected chi connectivity index (χ4v) is 1.66. The highest BCUT2D eigenvalue weighted by atomic mass is 35.5. The first kappa shape index (κ1) is 14.3. The predicted molar refractivity (Wildman–Crippen MR) is 71.9 cm³/mol. The Kier molecular flexibility index (Phi) is 4.97. The van der Waals surface area contributed by atoms with Crippen LogP contribution in [0.25, 0.3) is 0 Å². The molecule has 1 unspecified atom stereocenters. The van der Waals surface area contributed by atoms with Gasteiger partial charge in [-0.1, -0.05) is 23.7 Å². The summed E-state index contributed by atoms with van der Waals surface area (Å²) in [5.41, 5.74) is 1.63. The summed E-state index contributed by atoms with van der Waals surface area (Å²) in [4.78, 5) is 22.7. The summed E-state index contributed by atoms with van der Waals surface area (Å²) in [6.07, 6.45) is 0. The van der Waals surface area contributed by atoms with Crippen molar-refractivity contribution in [3.8, 4) is 0 Å². The van der Waals surface area contributed by atoms with E-state index in [1.807, 2.05) is 19.1 Å². The lowest BCUT2D eigenvalue weighted by atomic mass is 10.2. The summed E-state index contributed by atoms with van der Waals surface area (Å²) in [6.45, 7) is 3.54. The topological polar surface area (TPSA) is 70.2 Å². The lowest BCUT2D eigenvalue weighted by molar-refractivity contribution is -0.120. The van der Waals surface area contributed by atoms with E-state index in [0.29, 0.717) is 10.7 Å². The molecule has 0 fully saturated rings. The second-order valence-electron chi connectivity index (χ2n) is 3.87. The van der Waals surface area contributed by atoms with Crippen LogP contribution in [0.4, 0.5) is 10.5 Å². The number of carbonyl (C=O) groups excluding carboxylic acids is 2. The van der Waals surface area contributed by atoms with E-state index in [9.17, 15) is 9.59 Å². The number of halogens is 1. The molecule has 1 aromatic carbocycles. The Balaban J connectivity index is 2.72. The molecule has 0 saturated heterocycles. The number of benzene rings is 1. The number of para-hydroxylation sites is 1. The predicted octanol–water partition coefficient (Wildman–Crippen LogP) is 1.90. The van der Waals surface area contributed by atoms with E-state index in [-0.39, 0.29) is 0 Å². The number of aryl methyl sites for hydroxylation is 1. The highest BCUT2D eigenvalue weighted by molar-refractivity contribution is 6.33. The first-order valence-electron chi connectivity index (χ1n) is 5.50. The molecule has 1 aromatic rings. The number of nitrogens with one attached hydrogen (secondary N) is 3. The van der Waals surface area contributed by atoms with Crippen LogP contribution in [0.2, 0.25) is 5.02 Å². The van der Waals surface area contributed by atoms with Crippen molar-refractivity contribution >= 4 is 29.2 Å². The van der Waals surface area contributed by atoms with Crippen LogP contribution >= 0.6 is 11.6 Å². The first-order chi connectivity index (χ1) is 8.45. The van der Waals surface area contributed by atoms with Crippen molar-refractivity contribution in [2.45, 2.75) is 19.9 Å². The Bertz CT molecular complexity index is 442. The lowest BCUT2D eigenvalue weighted by Crippen LogP contribution is -2.44. The maximum Gasteiger partial charge on any atom is 0.321 e. The van der Waals surface area contributed by atoms with Gasteiger partial charge in [0.25, 0.3) is 0 Å². The second kappa shape index (κ2) is 6.26. The minimum atomic E-state index is -0.569. The van der Waals surface area contributed by atoms with Crippen molar-refractivity contribution in [1.29, 1.82) is 0 Å². The molecule has 0 saturated carbocycles. The van der Waals surface area contributed by atoms with E-state index in [1.54, 1.807) is 13.0 Å². The molecule has 0 radical (unpaired) electrons. The van der Waals surface area contributed by atoms with Crippen LogP contribution in [0, 0.1) is 6.92 Å². The molecule has 0 spiro atoms. The summed E-state index contributed by atoms with van der Waals surface area (Å²) in [7, 11) is 1.44. The zero-order valence-electron chi connectivity index (χ0n) is 10.5.